The Labute approximate surface area is 160 Å². The third-order valence-corrected chi connectivity index (χ3v) is 4.53. The largest absolute Gasteiger partial charge is 0.493 e. The number of anilines is 1. The quantitative estimate of drug-likeness (QED) is 0.741. The molecule has 27 heavy (non-hydrogen) atoms. The van der Waals surface area contributed by atoms with E-state index in [1.165, 1.54) is 11.1 Å². The third kappa shape index (κ3) is 5.06. The van der Waals surface area contributed by atoms with Gasteiger partial charge in [0, 0.05) is 17.8 Å². The highest BCUT2D eigenvalue weighted by atomic mass is 16.5. The molecule has 2 aromatic carbocycles. The molecule has 0 heterocycles. The summed E-state index contributed by atoms with van der Waals surface area (Å²) in [5.74, 6) is 1.47. The van der Waals surface area contributed by atoms with Crippen molar-refractivity contribution in [2.24, 2.45) is 0 Å². The van der Waals surface area contributed by atoms with Crippen molar-refractivity contribution in [1.29, 1.82) is 0 Å². The molecular formula is C21H28N2O4. The summed E-state index contributed by atoms with van der Waals surface area (Å²) in [5, 5.41) is 6.10. The second-order valence-electron chi connectivity index (χ2n) is 6.40. The van der Waals surface area contributed by atoms with E-state index < -0.39 is 0 Å². The Hall–Kier alpha value is -2.89. The lowest BCUT2D eigenvalue weighted by Gasteiger charge is -2.17. The van der Waals surface area contributed by atoms with Gasteiger partial charge in [-0.25, -0.2) is 0 Å². The summed E-state index contributed by atoms with van der Waals surface area (Å²) in [5.41, 5.74) is 4.24. The van der Waals surface area contributed by atoms with Crippen LogP contribution in [-0.4, -0.2) is 33.8 Å². The fourth-order valence-corrected chi connectivity index (χ4v) is 2.78. The standard InChI is InChI=1S/C21H28N2O4/c1-13-7-8-16(9-14(13)2)15(3)23-20(24)12-22-17-10-18(25-4)21(27-6)19(11-17)26-5/h7-11,15,22H,12H2,1-6H3,(H,23,24). The lowest BCUT2D eigenvalue weighted by Crippen LogP contribution is -2.32. The number of amides is 1. The van der Waals surface area contributed by atoms with E-state index in [4.69, 9.17) is 14.2 Å². The highest BCUT2D eigenvalue weighted by Gasteiger charge is 2.14. The van der Waals surface area contributed by atoms with Crippen molar-refractivity contribution in [3.63, 3.8) is 0 Å². The van der Waals surface area contributed by atoms with Gasteiger partial charge >= 0.3 is 0 Å². The average molecular weight is 372 g/mol. The maximum Gasteiger partial charge on any atom is 0.239 e. The topological polar surface area (TPSA) is 68.8 Å². The van der Waals surface area contributed by atoms with Gasteiger partial charge in [-0.3, -0.25) is 4.79 Å². The van der Waals surface area contributed by atoms with E-state index in [9.17, 15) is 4.79 Å². The van der Waals surface area contributed by atoms with Crippen LogP contribution in [0.2, 0.25) is 0 Å². The minimum absolute atomic E-state index is 0.0708. The van der Waals surface area contributed by atoms with Gasteiger partial charge in [-0.15, -0.1) is 0 Å². The summed E-state index contributed by atoms with van der Waals surface area (Å²) >= 11 is 0. The number of aryl methyl sites for hydroxylation is 2. The molecule has 0 aliphatic carbocycles. The number of carbonyl (C=O) groups is 1. The first-order valence-corrected chi connectivity index (χ1v) is 8.80. The van der Waals surface area contributed by atoms with Crippen molar-refractivity contribution in [1.82, 2.24) is 5.32 Å². The summed E-state index contributed by atoms with van der Waals surface area (Å²) in [6.07, 6.45) is 0. The number of nitrogens with one attached hydrogen (secondary N) is 2. The van der Waals surface area contributed by atoms with Crippen LogP contribution in [0.4, 0.5) is 5.69 Å². The molecule has 2 N–H and O–H groups in total. The zero-order valence-corrected chi connectivity index (χ0v) is 16.8. The van der Waals surface area contributed by atoms with E-state index in [0.717, 1.165) is 5.56 Å². The highest BCUT2D eigenvalue weighted by molar-refractivity contribution is 5.81. The highest BCUT2D eigenvalue weighted by Crippen LogP contribution is 2.39. The fraction of sp³-hybridized carbons (Fsp3) is 0.381. The molecule has 6 nitrogen and oxygen atoms in total. The lowest BCUT2D eigenvalue weighted by atomic mass is 10.0. The summed E-state index contributed by atoms with van der Waals surface area (Å²) in [4.78, 5) is 12.3. The van der Waals surface area contributed by atoms with Crippen LogP contribution in [0.25, 0.3) is 0 Å². The van der Waals surface area contributed by atoms with E-state index >= 15 is 0 Å². The Kier molecular flexibility index (Phi) is 6.93. The molecule has 0 aliphatic rings. The second-order valence-corrected chi connectivity index (χ2v) is 6.40. The van der Waals surface area contributed by atoms with Gasteiger partial charge in [0.05, 0.1) is 33.9 Å². The van der Waals surface area contributed by atoms with Gasteiger partial charge in [-0.05, 0) is 37.5 Å². The van der Waals surface area contributed by atoms with Crippen molar-refractivity contribution < 1.29 is 19.0 Å². The zero-order chi connectivity index (χ0) is 20.0. The van der Waals surface area contributed by atoms with E-state index in [0.29, 0.717) is 22.9 Å². The van der Waals surface area contributed by atoms with Crippen LogP contribution >= 0.6 is 0 Å². The van der Waals surface area contributed by atoms with Gasteiger partial charge in [-0.1, -0.05) is 18.2 Å². The minimum atomic E-state index is -0.102. The monoisotopic (exact) mass is 372 g/mol. The summed E-state index contributed by atoms with van der Waals surface area (Å²) in [6.45, 7) is 6.25. The molecule has 1 unspecified atom stereocenters. The number of hydrogen-bond donors (Lipinski definition) is 2. The first-order valence-electron chi connectivity index (χ1n) is 8.80. The van der Waals surface area contributed by atoms with Crippen LogP contribution < -0.4 is 24.8 Å². The second kappa shape index (κ2) is 9.16. The van der Waals surface area contributed by atoms with Crippen LogP contribution in [0.15, 0.2) is 30.3 Å². The molecule has 6 heteroatoms. The molecule has 0 bridgehead atoms. The molecule has 0 aromatic heterocycles. The van der Waals surface area contributed by atoms with E-state index in [1.807, 2.05) is 13.0 Å². The van der Waals surface area contributed by atoms with Crippen molar-refractivity contribution >= 4 is 11.6 Å². The SMILES string of the molecule is COc1cc(NCC(=O)NC(C)c2ccc(C)c(C)c2)cc(OC)c1OC. The predicted molar refractivity (Wildman–Crippen MR) is 107 cm³/mol. The van der Waals surface area contributed by atoms with Crippen molar-refractivity contribution in [2.45, 2.75) is 26.8 Å². The van der Waals surface area contributed by atoms with E-state index in [-0.39, 0.29) is 18.5 Å². The Morgan fingerprint density at radius 3 is 2.11 bits per heavy atom. The molecule has 2 aromatic rings. The molecule has 0 fully saturated rings. The molecule has 0 spiro atoms. The molecule has 0 radical (unpaired) electrons. The molecule has 0 aliphatic heterocycles. The van der Waals surface area contributed by atoms with Crippen molar-refractivity contribution in [2.75, 3.05) is 33.2 Å². The lowest BCUT2D eigenvalue weighted by molar-refractivity contribution is -0.120. The molecule has 0 saturated heterocycles. The minimum Gasteiger partial charge on any atom is -0.493 e. The number of methoxy groups -OCH3 is 3. The first-order chi connectivity index (χ1) is 12.9. The fourth-order valence-electron chi connectivity index (χ4n) is 2.78. The maximum atomic E-state index is 12.3. The van der Waals surface area contributed by atoms with Gasteiger partial charge in [-0.2, -0.15) is 0 Å². The Balaban J connectivity index is 2.01. The number of ether oxygens (including phenoxy) is 3. The number of benzene rings is 2. The van der Waals surface area contributed by atoms with Gasteiger partial charge in [0.1, 0.15) is 0 Å². The van der Waals surface area contributed by atoms with Crippen molar-refractivity contribution in [3.8, 4) is 17.2 Å². The summed E-state index contributed by atoms with van der Waals surface area (Å²) in [7, 11) is 4.66. The van der Waals surface area contributed by atoms with Gasteiger partial charge in [0.15, 0.2) is 11.5 Å². The van der Waals surface area contributed by atoms with Gasteiger partial charge < -0.3 is 24.8 Å². The van der Waals surface area contributed by atoms with E-state index in [1.54, 1.807) is 33.5 Å². The molecule has 146 valence electrons. The van der Waals surface area contributed by atoms with Crippen LogP contribution in [-0.2, 0) is 4.79 Å². The van der Waals surface area contributed by atoms with Gasteiger partial charge in [0.25, 0.3) is 0 Å². The molecular weight excluding hydrogens is 344 g/mol. The molecule has 0 saturated carbocycles. The first kappa shape index (κ1) is 20.4. The van der Waals surface area contributed by atoms with Crippen LogP contribution in [0, 0.1) is 13.8 Å². The van der Waals surface area contributed by atoms with Gasteiger partial charge in [0.2, 0.25) is 11.7 Å². The molecule has 1 amide bonds. The number of rotatable bonds is 8. The summed E-state index contributed by atoms with van der Waals surface area (Å²) in [6, 6.07) is 9.68. The third-order valence-electron chi connectivity index (χ3n) is 4.53. The van der Waals surface area contributed by atoms with Crippen molar-refractivity contribution in [3.05, 3.63) is 47.0 Å². The van der Waals surface area contributed by atoms with Crippen LogP contribution in [0.1, 0.15) is 29.7 Å². The molecule has 2 rings (SSSR count). The Morgan fingerprint density at radius 1 is 0.963 bits per heavy atom. The Bertz CT molecular complexity index is 780. The normalized spacial score (nSPS) is 11.5. The predicted octanol–water partition coefficient (Wildman–Crippen LogP) is 3.62. The number of hydrogen-bond acceptors (Lipinski definition) is 5. The summed E-state index contributed by atoms with van der Waals surface area (Å²) < 4.78 is 15.9. The Morgan fingerprint density at radius 2 is 1.59 bits per heavy atom. The maximum absolute atomic E-state index is 12.3. The van der Waals surface area contributed by atoms with E-state index in [2.05, 4.69) is 36.6 Å². The van der Waals surface area contributed by atoms with Crippen LogP contribution in [0.3, 0.4) is 0 Å². The number of carbonyl (C=O) groups excluding carboxylic acids is 1. The smallest absolute Gasteiger partial charge is 0.239 e. The van der Waals surface area contributed by atoms with Crippen LogP contribution in [0.5, 0.6) is 17.2 Å². The molecule has 1 atom stereocenters. The zero-order valence-electron chi connectivity index (χ0n) is 16.8. The average Bonchev–Trinajstić information content (AvgIpc) is 2.67.